The van der Waals surface area contributed by atoms with Gasteiger partial charge >= 0.3 is 5.97 Å². The first-order chi connectivity index (χ1) is 23.2. The van der Waals surface area contributed by atoms with E-state index in [2.05, 4.69) is 39.1 Å². The van der Waals surface area contributed by atoms with Gasteiger partial charge in [-0.2, -0.15) is 0 Å². The number of carbonyl (C=O) groups excluding carboxylic acids is 1. The Kier molecular flexibility index (Phi) is 9.84. The Hall–Kier alpha value is -4.67. The zero-order valence-electron chi connectivity index (χ0n) is 27.3. The van der Waals surface area contributed by atoms with Crippen LogP contribution in [0.1, 0.15) is 50.4 Å². The van der Waals surface area contributed by atoms with E-state index in [-0.39, 0.29) is 18.3 Å². The summed E-state index contributed by atoms with van der Waals surface area (Å²) in [6, 6.07) is 24.8. The van der Waals surface area contributed by atoms with Gasteiger partial charge in [-0.1, -0.05) is 65.9 Å². The minimum absolute atomic E-state index is 0.00857. The number of benzene rings is 4. The summed E-state index contributed by atoms with van der Waals surface area (Å²) in [6.07, 6.45) is 1.81. The van der Waals surface area contributed by atoms with Crippen molar-refractivity contribution in [2.45, 2.75) is 46.4 Å². The molecule has 1 aliphatic heterocycles. The van der Waals surface area contributed by atoms with Gasteiger partial charge in [0.25, 0.3) is 5.56 Å². The van der Waals surface area contributed by atoms with E-state index in [4.69, 9.17) is 18.9 Å². The van der Waals surface area contributed by atoms with Gasteiger partial charge in [-0.3, -0.25) is 9.36 Å². The first-order valence-electron chi connectivity index (χ1n) is 15.6. The maximum absolute atomic E-state index is 14.1. The number of hydrogen-bond donors (Lipinski definition) is 0. The molecule has 1 aromatic heterocycles. The molecular weight excluding hydrogens is 692 g/mol. The van der Waals surface area contributed by atoms with Crippen LogP contribution in [0.2, 0.25) is 0 Å². The van der Waals surface area contributed by atoms with E-state index < -0.39 is 12.0 Å². The van der Waals surface area contributed by atoms with Crippen molar-refractivity contribution >= 4 is 50.1 Å². The zero-order valence-corrected chi connectivity index (χ0v) is 29.7. The highest BCUT2D eigenvalue weighted by Gasteiger charge is 2.33. The summed E-state index contributed by atoms with van der Waals surface area (Å²) < 4.78 is 26.0. The van der Waals surface area contributed by atoms with Crippen molar-refractivity contribution in [3.63, 3.8) is 0 Å². The standard InChI is InChI=1S/C38H35BrN2O6S/c1-6-45-37(43)33-23(4)40-38-41(34(33)26-14-16-28(17-15-26)47-22(2)3)36(42)32(48-38)20-24-18-30(39)35(31(19-24)44-5)46-21-27-12-9-11-25-10-7-8-13-29(25)27/h7-20,22,34H,6,21H2,1-5H3/b32-20-/t34-/m1/s1. The second kappa shape index (κ2) is 14.2. The van der Waals surface area contributed by atoms with Crippen LogP contribution in [0.25, 0.3) is 16.8 Å². The number of carbonyl (C=O) groups is 1. The minimum Gasteiger partial charge on any atom is -0.493 e. The normalized spacial score (nSPS) is 14.6. The summed E-state index contributed by atoms with van der Waals surface area (Å²) in [5, 5.41) is 2.27. The molecule has 0 fully saturated rings. The largest absolute Gasteiger partial charge is 0.493 e. The average Bonchev–Trinajstić information content (AvgIpc) is 3.37. The third kappa shape index (κ3) is 6.68. The van der Waals surface area contributed by atoms with Gasteiger partial charge in [0, 0.05) is 0 Å². The molecule has 0 saturated carbocycles. The fourth-order valence-corrected chi connectivity index (χ4v) is 7.41. The molecule has 1 aliphatic rings. The molecule has 48 heavy (non-hydrogen) atoms. The molecule has 1 atom stereocenters. The lowest BCUT2D eigenvalue weighted by atomic mass is 9.96. The van der Waals surface area contributed by atoms with Crippen LogP contribution in [0.15, 0.2) is 104 Å². The number of thiazole rings is 1. The number of allylic oxidation sites excluding steroid dienone is 1. The van der Waals surface area contributed by atoms with E-state index in [1.54, 1.807) is 31.6 Å². The SMILES string of the molecule is CCOC(=O)C1=C(C)N=c2s/c(=C\c3cc(Br)c(OCc4cccc5ccccc45)c(OC)c3)c(=O)n2[C@@H]1c1ccc(OC(C)C)cc1. The zero-order chi connectivity index (χ0) is 33.9. The van der Waals surface area contributed by atoms with E-state index >= 15 is 0 Å². The van der Waals surface area contributed by atoms with Gasteiger partial charge in [-0.05, 0) is 101 Å². The molecule has 0 spiro atoms. The highest BCUT2D eigenvalue weighted by atomic mass is 79.9. The van der Waals surface area contributed by atoms with Crippen molar-refractivity contribution in [1.82, 2.24) is 4.57 Å². The molecule has 0 saturated heterocycles. The Morgan fingerprint density at radius 2 is 1.81 bits per heavy atom. The number of nitrogens with zero attached hydrogens (tertiary/aromatic N) is 2. The number of ether oxygens (including phenoxy) is 4. The maximum Gasteiger partial charge on any atom is 0.338 e. The first-order valence-corrected chi connectivity index (χ1v) is 17.2. The number of methoxy groups -OCH3 is 1. The summed E-state index contributed by atoms with van der Waals surface area (Å²) in [4.78, 5) is 32.6. The van der Waals surface area contributed by atoms with Crippen molar-refractivity contribution in [3.05, 3.63) is 131 Å². The maximum atomic E-state index is 14.1. The van der Waals surface area contributed by atoms with Crippen LogP contribution in [0.5, 0.6) is 17.2 Å². The van der Waals surface area contributed by atoms with Gasteiger partial charge in [-0.25, -0.2) is 9.79 Å². The van der Waals surface area contributed by atoms with Gasteiger partial charge in [0.15, 0.2) is 16.3 Å². The molecule has 10 heteroatoms. The van der Waals surface area contributed by atoms with Crippen molar-refractivity contribution in [2.75, 3.05) is 13.7 Å². The topological polar surface area (TPSA) is 88.4 Å². The quantitative estimate of drug-likeness (QED) is 0.143. The summed E-state index contributed by atoms with van der Waals surface area (Å²) in [7, 11) is 1.58. The van der Waals surface area contributed by atoms with E-state index in [0.29, 0.717) is 48.9 Å². The molecule has 0 N–H and O–H groups in total. The Bertz CT molecular complexity index is 2210. The van der Waals surface area contributed by atoms with Crippen LogP contribution in [-0.2, 0) is 16.1 Å². The van der Waals surface area contributed by atoms with Crippen molar-refractivity contribution in [3.8, 4) is 17.2 Å². The van der Waals surface area contributed by atoms with Crippen molar-refractivity contribution in [1.29, 1.82) is 0 Å². The third-order valence-electron chi connectivity index (χ3n) is 7.89. The molecule has 0 aliphatic carbocycles. The lowest BCUT2D eigenvalue weighted by molar-refractivity contribution is -0.139. The van der Waals surface area contributed by atoms with E-state index in [0.717, 1.165) is 27.5 Å². The second-order valence-corrected chi connectivity index (χ2v) is 13.4. The van der Waals surface area contributed by atoms with Crippen LogP contribution < -0.4 is 29.1 Å². The molecule has 6 rings (SSSR count). The summed E-state index contributed by atoms with van der Waals surface area (Å²) in [5.41, 5.74) is 3.09. The fraction of sp³-hybridized carbons (Fsp3) is 0.237. The van der Waals surface area contributed by atoms with E-state index in [1.807, 2.05) is 74.5 Å². The molecule has 8 nitrogen and oxygen atoms in total. The summed E-state index contributed by atoms with van der Waals surface area (Å²) in [5.74, 6) is 1.27. The molecule has 4 aromatic carbocycles. The molecular formula is C38H35BrN2O6S. The second-order valence-electron chi connectivity index (χ2n) is 11.5. The van der Waals surface area contributed by atoms with E-state index in [1.165, 1.54) is 11.3 Å². The van der Waals surface area contributed by atoms with Crippen LogP contribution in [0.4, 0.5) is 0 Å². The Labute approximate surface area is 290 Å². The number of fused-ring (bicyclic) bond motifs is 2. The predicted octanol–water partition coefficient (Wildman–Crippen LogP) is 7.09. The Morgan fingerprint density at radius 3 is 2.54 bits per heavy atom. The third-order valence-corrected chi connectivity index (χ3v) is 9.46. The number of halogens is 1. The molecule has 0 amide bonds. The molecule has 0 unspecified atom stereocenters. The number of hydrogen-bond acceptors (Lipinski definition) is 8. The number of esters is 1. The number of rotatable bonds is 10. The highest BCUT2D eigenvalue weighted by molar-refractivity contribution is 9.10. The molecule has 0 bridgehead atoms. The van der Waals surface area contributed by atoms with Gasteiger partial charge in [0.2, 0.25) is 0 Å². The first kappa shape index (κ1) is 33.2. The highest BCUT2D eigenvalue weighted by Crippen LogP contribution is 2.38. The van der Waals surface area contributed by atoms with Crippen LogP contribution in [0.3, 0.4) is 0 Å². The van der Waals surface area contributed by atoms with Crippen LogP contribution in [0, 0.1) is 0 Å². The monoisotopic (exact) mass is 726 g/mol. The number of aromatic nitrogens is 1. The molecule has 2 heterocycles. The lowest BCUT2D eigenvalue weighted by Crippen LogP contribution is -2.39. The van der Waals surface area contributed by atoms with Crippen LogP contribution >= 0.6 is 27.3 Å². The Balaban J connectivity index is 1.38. The molecule has 246 valence electrons. The Morgan fingerprint density at radius 1 is 1.06 bits per heavy atom. The van der Waals surface area contributed by atoms with Gasteiger partial charge in [-0.15, -0.1) is 0 Å². The van der Waals surface area contributed by atoms with Gasteiger partial charge < -0.3 is 18.9 Å². The average molecular weight is 728 g/mol. The molecule has 5 aromatic rings. The van der Waals surface area contributed by atoms with Crippen LogP contribution in [-0.4, -0.2) is 30.4 Å². The molecule has 0 radical (unpaired) electrons. The smallest absolute Gasteiger partial charge is 0.338 e. The van der Waals surface area contributed by atoms with Crippen molar-refractivity contribution < 1.29 is 23.7 Å². The summed E-state index contributed by atoms with van der Waals surface area (Å²) in [6.45, 7) is 7.98. The van der Waals surface area contributed by atoms with Gasteiger partial charge in [0.05, 0.1) is 46.1 Å². The van der Waals surface area contributed by atoms with E-state index in [9.17, 15) is 9.59 Å². The fourth-order valence-electron chi connectivity index (χ4n) is 5.79. The predicted molar refractivity (Wildman–Crippen MR) is 192 cm³/mol. The lowest BCUT2D eigenvalue weighted by Gasteiger charge is -2.25. The van der Waals surface area contributed by atoms with Gasteiger partial charge in [0.1, 0.15) is 12.4 Å². The summed E-state index contributed by atoms with van der Waals surface area (Å²) >= 11 is 4.93. The minimum atomic E-state index is -0.721. The van der Waals surface area contributed by atoms with Crippen molar-refractivity contribution in [2.24, 2.45) is 4.99 Å².